The molecule has 0 bridgehead atoms. The lowest BCUT2D eigenvalue weighted by atomic mass is 9.59. The molecule has 0 radical (unpaired) electrons. The molecule has 5 fully saturated rings. The smallest absolute Gasteiger partial charge is 0.297 e. The zero-order chi connectivity index (χ0) is 56.4. The van der Waals surface area contributed by atoms with Crippen molar-refractivity contribution in [3.8, 4) is 17.4 Å². The highest BCUT2D eigenvalue weighted by atomic mass is 32.2. The van der Waals surface area contributed by atoms with E-state index < -0.39 is 49.2 Å². The highest BCUT2D eigenvalue weighted by molar-refractivity contribution is 7.90. The second-order valence-corrected chi connectivity index (χ2v) is 25.1. The van der Waals surface area contributed by atoms with Crippen molar-refractivity contribution in [1.82, 2.24) is 24.5 Å². The number of nitrogens with one attached hydrogen (secondary N) is 3. The van der Waals surface area contributed by atoms with Gasteiger partial charge in [0.05, 0.1) is 51.9 Å². The number of fused-ring (bicyclic) bond motifs is 4. The molecule has 1 saturated carbocycles. The summed E-state index contributed by atoms with van der Waals surface area (Å²) < 4.78 is 89.9. The molecule has 6 aliphatic heterocycles. The van der Waals surface area contributed by atoms with Crippen LogP contribution in [0.1, 0.15) is 86.3 Å². The molecule has 4 atom stereocenters. The van der Waals surface area contributed by atoms with E-state index in [1.807, 2.05) is 50.2 Å². The van der Waals surface area contributed by atoms with Crippen LogP contribution < -0.4 is 34.0 Å². The number of carbonyl (C=O) groups excluding carboxylic acids is 1. The van der Waals surface area contributed by atoms with Crippen LogP contribution in [-0.4, -0.2) is 135 Å². The molecule has 6 aromatic rings. The monoisotopic (exact) mass is 1140 g/mol. The lowest BCUT2D eigenvalue weighted by Gasteiger charge is -2.58. The number of amides is 1. The number of nitrogens with zero attached hydrogens (tertiary/aromatic N) is 6. The molecule has 4 aromatic carbocycles. The number of para-hydroxylation sites is 1. The van der Waals surface area contributed by atoms with Gasteiger partial charge in [0.2, 0.25) is 5.88 Å². The van der Waals surface area contributed by atoms with Crippen LogP contribution >= 0.6 is 0 Å². The van der Waals surface area contributed by atoms with Gasteiger partial charge in [0.15, 0.2) is 23.1 Å². The number of halogens is 2. The third-order valence-corrected chi connectivity index (χ3v) is 19.3. The van der Waals surface area contributed by atoms with Crippen molar-refractivity contribution in [2.24, 2.45) is 11.3 Å². The average Bonchev–Trinajstić information content (AvgIpc) is 3.06. The molecule has 22 heteroatoms. The third-order valence-electron chi connectivity index (χ3n) is 18.0. The number of H-pyrrole nitrogens is 1. The van der Waals surface area contributed by atoms with Crippen LogP contribution in [-0.2, 0) is 26.0 Å². The molecular weight excluding hydrogens is 1080 g/mol. The molecule has 19 nitrogen and oxygen atoms in total. The number of pyridine rings is 1. The zero-order valence-electron chi connectivity index (χ0n) is 45.9. The summed E-state index contributed by atoms with van der Waals surface area (Å²) >= 11 is 0. The maximum Gasteiger partial charge on any atom is 0.297 e. The number of carbonyl (C=O) groups is 1. The van der Waals surface area contributed by atoms with E-state index in [9.17, 15) is 32.1 Å². The number of hydrogen-bond acceptors (Lipinski definition) is 16. The second kappa shape index (κ2) is 21.9. The first kappa shape index (κ1) is 54.2. The van der Waals surface area contributed by atoms with Crippen molar-refractivity contribution in [3.63, 3.8) is 0 Å². The molecule has 82 heavy (non-hydrogen) atoms. The molecule has 7 aliphatic rings. The second-order valence-electron chi connectivity index (χ2n) is 23.4. The van der Waals surface area contributed by atoms with E-state index >= 15 is 0 Å². The molecule has 1 amide bonds. The fourth-order valence-corrected chi connectivity index (χ4v) is 14.8. The molecule has 8 heterocycles. The topological polar surface area (TPSA) is 206 Å². The molecular formula is C60H67F2N9O10S. The van der Waals surface area contributed by atoms with E-state index in [0.29, 0.717) is 68.3 Å². The number of anilines is 4. The number of aromatic nitrogens is 2. The number of piperidine rings is 1. The van der Waals surface area contributed by atoms with Crippen LogP contribution in [0.5, 0.6) is 17.4 Å². The maximum atomic E-state index is 14.9. The Morgan fingerprint density at radius 2 is 1.72 bits per heavy atom. The third kappa shape index (κ3) is 10.4. The largest absolute Gasteiger partial charge is 0.491 e. The number of sulfonamides is 1. The molecule has 4 saturated heterocycles. The maximum absolute atomic E-state index is 14.9. The van der Waals surface area contributed by atoms with Crippen LogP contribution in [0, 0.1) is 33.1 Å². The van der Waals surface area contributed by atoms with Crippen molar-refractivity contribution in [3.05, 3.63) is 130 Å². The molecule has 2 aromatic heterocycles. The molecule has 3 N–H and O–H groups in total. The fraction of sp³-hybridized carbons (Fsp3) is 0.467. The Bertz CT molecular complexity index is 3530. The first-order chi connectivity index (χ1) is 39.7. The summed E-state index contributed by atoms with van der Waals surface area (Å²) in [6.07, 6.45) is 7.27. The fourth-order valence-electron chi connectivity index (χ4n) is 13.8. The lowest BCUT2D eigenvalue weighted by molar-refractivity contribution is -0.384. The van der Waals surface area contributed by atoms with Gasteiger partial charge in [0.1, 0.15) is 29.8 Å². The normalized spacial score (nSPS) is 23.2. The van der Waals surface area contributed by atoms with Crippen LogP contribution in [0.25, 0.3) is 11.0 Å². The zero-order valence-corrected chi connectivity index (χ0v) is 46.7. The number of piperazine rings is 1. The Balaban J connectivity index is 0.773. The van der Waals surface area contributed by atoms with E-state index in [4.69, 9.17) is 28.7 Å². The van der Waals surface area contributed by atoms with Gasteiger partial charge in [-0.1, -0.05) is 24.3 Å². The summed E-state index contributed by atoms with van der Waals surface area (Å²) in [7, 11) is -4.74. The van der Waals surface area contributed by atoms with Gasteiger partial charge in [-0.15, -0.1) is 0 Å². The van der Waals surface area contributed by atoms with Crippen molar-refractivity contribution in [1.29, 1.82) is 0 Å². The lowest BCUT2D eigenvalue weighted by Crippen LogP contribution is -2.59. The number of nitro groups is 1. The first-order valence-corrected chi connectivity index (χ1v) is 30.1. The summed E-state index contributed by atoms with van der Waals surface area (Å²) in [4.78, 5) is 43.7. The van der Waals surface area contributed by atoms with Gasteiger partial charge in [0, 0.05) is 100 Å². The number of ether oxygens (including phenoxy) is 5. The van der Waals surface area contributed by atoms with E-state index in [1.165, 1.54) is 18.2 Å². The molecule has 432 valence electrons. The summed E-state index contributed by atoms with van der Waals surface area (Å²) in [5.74, 6) is -1.28. The quantitative estimate of drug-likeness (QED) is 0.0728. The Kier molecular flexibility index (Phi) is 14.5. The van der Waals surface area contributed by atoms with Gasteiger partial charge in [-0.3, -0.25) is 24.7 Å². The van der Waals surface area contributed by atoms with E-state index in [2.05, 4.69) is 46.8 Å². The van der Waals surface area contributed by atoms with Gasteiger partial charge in [-0.25, -0.2) is 21.9 Å². The van der Waals surface area contributed by atoms with Crippen LogP contribution in [0.15, 0.2) is 96.0 Å². The van der Waals surface area contributed by atoms with E-state index in [0.717, 1.165) is 98.7 Å². The Hall–Kier alpha value is -7.11. The van der Waals surface area contributed by atoms with Crippen molar-refractivity contribution in [2.75, 3.05) is 80.9 Å². The number of rotatable bonds is 13. The summed E-state index contributed by atoms with van der Waals surface area (Å²) in [6, 6.07) is 23.7. The van der Waals surface area contributed by atoms with Gasteiger partial charge in [-0.05, 0) is 124 Å². The number of nitro benzene ring substituents is 1. The standard InChI is InChI=1S/C60H67F2N9O10S/c1-36(2)80-53-6-4-3-5-43(53)52-33-67(32-37-7-10-45(61)46(62)25-37)20-21-69(52)41-30-60(31-41)15-18-68(19-16-60)40-8-9-44(49(27-40)70-48-14-24-78-35-55(48)81-59-51(70)26-39-11-17-63-57(39)65-59)58(72)66-82(75,76)42-28-50(71(73)74)56-54(29-42)79-34-47(64-56)38-12-22-77-23-13-38/h3-11,17,25-29,36,38,41,47-48,52,55,64H,12-16,18-24,30-35H2,1-2H3,(H,63,65)(H,66,72)/t47-,48-,52+,55-/m0/s1. The average molecular weight is 1140 g/mol. The molecule has 13 rings (SSSR count). The Morgan fingerprint density at radius 3 is 2.51 bits per heavy atom. The molecule has 1 spiro atoms. The Morgan fingerprint density at radius 1 is 0.915 bits per heavy atom. The SMILES string of the molecule is CC(C)Oc1ccccc1[C@H]1CN(Cc2ccc(F)c(F)c2)CCN1C1CC2(CCN(c3ccc(C(=O)NS(=O)(=O)c4cc5c(c([N+](=O)[O-])c4)N[C@H](C4CCOCC4)CO5)c(N4c5cc6cc[nH]c6nc5O[C@H]5COCC[C@@H]54)c3)CC2)C1. The predicted molar refractivity (Wildman–Crippen MR) is 303 cm³/mol. The number of hydrogen-bond donors (Lipinski definition) is 3. The van der Waals surface area contributed by atoms with Gasteiger partial charge in [0.25, 0.3) is 21.6 Å². The van der Waals surface area contributed by atoms with Gasteiger partial charge in [-0.2, -0.15) is 4.98 Å². The highest BCUT2D eigenvalue weighted by Crippen LogP contribution is 2.54. The van der Waals surface area contributed by atoms with Crippen molar-refractivity contribution in [2.45, 2.75) is 107 Å². The van der Waals surface area contributed by atoms with E-state index in [1.54, 1.807) is 18.3 Å². The van der Waals surface area contributed by atoms with E-state index in [-0.39, 0.29) is 65.8 Å². The molecule has 0 unspecified atom stereocenters. The minimum Gasteiger partial charge on any atom is -0.491 e. The van der Waals surface area contributed by atoms with Crippen molar-refractivity contribution < 1.29 is 50.6 Å². The van der Waals surface area contributed by atoms with Crippen LogP contribution in [0.3, 0.4) is 0 Å². The molecule has 1 aliphatic carbocycles. The summed E-state index contributed by atoms with van der Waals surface area (Å²) in [5, 5.41) is 16.7. The first-order valence-electron chi connectivity index (χ1n) is 28.6. The van der Waals surface area contributed by atoms with Crippen LogP contribution in [0.2, 0.25) is 0 Å². The van der Waals surface area contributed by atoms with Gasteiger partial charge < -0.3 is 43.8 Å². The van der Waals surface area contributed by atoms with Crippen molar-refractivity contribution >= 4 is 55.4 Å². The predicted octanol–water partition coefficient (Wildman–Crippen LogP) is 9.25. The summed E-state index contributed by atoms with van der Waals surface area (Å²) in [6.45, 7) is 10.4. The summed E-state index contributed by atoms with van der Waals surface area (Å²) in [5.41, 5.74) is 4.18. The number of aromatic amines is 1. The Labute approximate surface area is 474 Å². The van der Waals surface area contributed by atoms with Gasteiger partial charge >= 0.3 is 0 Å². The highest BCUT2D eigenvalue weighted by Gasteiger charge is 2.51. The van der Waals surface area contributed by atoms with Crippen LogP contribution in [0.4, 0.5) is 37.2 Å². The minimum absolute atomic E-state index is 0.00911. The minimum atomic E-state index is -4.74. The number of benzene rings is 4.